The Kier molecular flexibility index (Phi) is 6.76. The highest BCUT2D eigenvalue weighted by Crippen LogP contribution is 2.39. The molecule has 3 aromatic rings. The van der Waals surface area contributed by atoms with Crippen LogP contribution in [0.5, 0.6) is 11.5 Å². The van der Waals surface area contributed by atoms with E-state index in [-0.39, 0.29) is 0 Å². The molecule has 0 bridgehead atoms. The van der Waals surface area contributed by atoms with Crippen LogP contribution in [0.25, 0.3) is 10.2 Å². The van der Waals surface area contributed by atoms with Gasteiger partial charge < -0.3 is 29.4 Å². The van der Waals surface area contributed by atoms with Crippen molar-refractivity contribution in [1.29, 1.82) is 0 Å². The molecule has 0 saturated carbocycles. The smallest absolute Gasteiger partial charge is 0.161 e. The normalized spacial score (nSPS) is 14.1. The van der Waals surface area contributed by atoms with Crippen molar-refractivity contribution >= 4 is 33.3 Å². The molecule has 32 heavy (non-hydrogen) atoms. The number of thiophene rings is 1. The number of aryl methyl sites for hydroxylation is 2. The first-order valence-electron chi connectivity index (χ1n) is 10.6. The second kappa shape index (κ2) is 9.70. The molecule has 0 radical (unpaired) electrons. The number of fused-ring (bicyclic) bond motifs is 3. The van der Waals surface area contributed by atoms with Gasteiger partial charge in [0.05, 0.1) is 32.2 Å². The fourth-order valence-corrected chi connectivity index (χ4v) is 5.20. The van der Waals surface area contributed by atoms with E-state index in [1.807, 2.05) is 18.2 Å². The Labute approximate surface area is 190 Å². The SMILES string of the molecule is COc1ccc(CNc2nc(C(C)OCC(=O)[O-])nc3sc4c(c23)CCCC4)cc1OC. The summed E-state index contributed by atoms with van der Waals surface area (Å²) < 4.78 is 16.1. The molecule has 170 valence electrons. The summed E-state index contributed by atoms with van der Waals surface area (Å²) in [5, 5.41) is 15.3. The molecular formula is C23H26N3O5S-. The number of carbonyl (C=O) groups excluding carboxylic acids is 1. The maximum atomic E-state index is 10.8. The van der Waals surface area contributed by atoms with Gasteiger partial charge in [0.2, 0.25) is 0 Å². The molecule has 1 unspecified atom stereocenters. The Morgan fingerprint density at radius 1 is 1.19 bits per heavy atom. The number of hydrogen-bond donors (Lipinski definition) is 1. The summed E-state index contributed by atoms with van der Waals surface area (Å²) >= 11 is 1.69. The first-order valence-corrected chi connectivity index (χ1v) is 11.4. The minimum atomic E-state index is -1.27. The topological polar surface area (TPSA) is 106 Å². The highest BCUT2D eigenvalue weighted by molar-refractivity contribution is 7.19. The first kappa shape index (κ1) is 22.3. The van der Waals surface area contributed by atoms with Crippen LogP contribution in [0, 0.1) is 0 Å². The van der Waals surface area contributed by atoms with Crippen molar-refractivity contribution in [3.8, 4) is 11.5 Å². The Hall–Kier alpha value is -2.91. The average Bonchev–Trinajstić information content (AvgIpc) is 3.19. The molecule has 1 atom stereocenters. The largest absolute Gasteiger partial charge is 0.548 e. The van der Waals surface area contributed by atoms with Crippen LogP contribution < -0.4 is 19.9 Å². The summed E-state index contributed by atoms with van der Waals surface area (Å²) in [6.07, 6.45) is 3.83. The lowest BCUT2D eigenvalue weighted by molar-refractivity contribution is -0.310. The second-order valence-electron chi connectivity index (χ2n) is 7.69. The number of hydrogen-bond acceptors (Lipinski definition) is 9. The van der Waals surface area contributed by atoms with Gasteiger partial charge in [0.1, 0.15) is 16.8 Å². The summed E-state index contributed by atoms with van der Waals surface area (Å²) in [4.78, 5) is 22.5. The van der Waals surface area contributed by atoms with E-state index in [0.29, 0.717) is 23.9 Å². The zero-order valence-electron chi connectivity index (χ0n) is 18.4. The molecule has 1 N–H and O–H groups in total. The summed E-state index contributed by atoms with van der Waals surface area (Å²) in [6.45, 7) is 1.78. The molecule has 0 amide bonds. The number of rotatable bonds is 9. The highest BCUT2D eigenvalue weighted by atomic mass is 32.1. The average molecular weight is 457 g/mol. The van der Waals surface area contributed by atoms with E-state index in [0.717, 1.165) is 40.9 Å². The van der Waals surface area contributed by atoms with E-state index in [2.05, 4.69) is 5.32 Å². The van der Waals surface area contributed by atoms with Gasteiger partial charge in [-0.25, -0.2) is 9.97 Å². The number of anilines is 1. The van der Waals surface area contributed by atoms with Gasteiger partial charge >= 0.3 is 0 Å². The molecule has 9 heteroatoms. The molecule has 8 nitrogen and oxygen atoms in total. The van der Waals surface area contributed by atoms with Gasteiger partial charge in [0, 0.05) is 11.4 Å². The minimum absolute atomic E-state index is 0.451. The standard InChI is InChI=1S/C23H27N3O5S/c1-13(31-12-19(27)28)21-25-22(20-15-6-4-5-7-18(15)32-23(20)26-21)24-11-14-8-9-16(29-2)17(10-14)30-3/h8-10,13H,4-7,11-12H2,1-3H3,(H,27,28)(H,24,25,26)/p-1. The van der Waals surface area contributed by atoms with Crippen molar-refractivity contribution in [3.63, 3.8) is 0 Å². The molecule has 0 aliphatic heterocycles. The van der Waals surface area contributed by atoms with E-state index in [1.54, 1.807) is 32.5 Å². The maximum Gasteiger partial charge on any atom is 0.161 e. The zero-order chi connectivity index (χ0) is 22.7. The lowest BCUT2D eigenvalue weighted by Gasteiger charge is -2.16. The zero-order valence-corrected chi connectivity index (χ0v) is 19.2. The van der Waals surface area contributed by atoms with Crippen LogP contribution in [0.1, 0.15) is 47.7 Å². The van der Waals surface area contributed by atoms with E-state index < -0.39 is 18.7 Å². The van der Waals surface area contributed by atoms with Gasteiger partial charge in [0.25, 0.3) is 0 Å². The minimum Gasteiger partial charge on any atom is -0.548 e. The third kappa shape index (κ3) is 4.63. The maximum absolute atomic E-state index is 10.8. The van der Waals surface area contributed by atoms with Gasteiger partial charge in [-0.15, -0.1) is 11.3 Å². The first-order chi connectivity index (χ1) is 15.5. The van der Waals surface area contributed by atoms with Crippen molar-refractivity contribution < 1.29 is 24.1 Å². The molecule has 0 spiro atoms. The van der Waals surface area contributed by atoms with Crippen molar-refractivity contribution in [2.24, 2.45) is 0 Å². The van der Waals surface area contributed by atoms with E-state index in [9.17, 15) is 9.90 Å². The van der Waals surface area contributed by atoms with Crippen molar-refractivity contribution in [2.75, 3.05) is 26.1 Å². The van der Waals surface area contributed by atoms with Gasteiger partial charge in [-0.1, -0.05) is 6.07 Å². The van der Waals surface area contributed by atoms with Crippen LogP contribution >= 0.6 is 11.3 Å². The van der Waals surface area contributed by atoms with Gasteiger partial charge in [-0.2, -0.15) is 0 Å². The summed E-state index contributed by atoms with van der Waals surface area (Å²) in [7, 11) is 3.22. The van der Waals surface area contributed by atoms with Gasteiger partial charge in [0.15, 0.2) is 17.3 Å². The molecule has 0 fully saturated rings. The molecule has 4 rings (SSSR count). The predicted molar refractivity (Wildman–Crippen MR) is 120 cm³/mol. The second-order valence-corrected chi connectivity index (χ2v) is 8.77. The number of methoxy groups -OCH3 is 2. The van der Waals surface area contributed by atoms with Crippen LogP contribution in [0.2, 0.25) is 0 Å². The van der Waals surface area contributed by atoms with Crippen LogP contribution in [-0.2, 0) is 28.9 Å². The molecule has 1 aliphatic rings. The number of ether oxygens (including phenoxy) is 3. The number of benzene rings is 1. The van der Waals surface area contributed by atoms with E-state index in [4.69, 9.17) is 24.2 Å². The number of nitrogens with one attached hydrogen (secondary N) is 1. The van der Waals surface area contributed by atoms with E-state index in [1.165, 1.54) is 16.9 Å². The molecule has 2 heterocycles. The summed E-state index contributed by atoms with van der Waals surface area (Å²) in [5.74, 6) is 1.26. The highest BCUT2D eigenvalue weighted by Gasteiger charge is 2.23. The third-order valence-electron chi connectivity index (χ3n) is 5.55. The number of aliphatic carboxylic acids is 1. The number of carboxylic acids is 1. The van der Waals surface area contributed by atoms with E-state index >= 15 is 0 Å². The molecule has 1 aliphatic carbocycles. The number of carboxylic acid groups (broad SMARTS) is 1. The molecule has 1 aromatic carbocycles. The summed E-state index contributed by atoms with van der Waals surface area (Å²) in [5.41, 5.74) is 2.34. The number of aromatic nitrogens is 2. The fraction of sp³-hybridized carbons (Fsp3) is 0.435. The Bertz CT molecular complexity index is 1130. The van der Waals surface area contributed by atoms with Crippen LogP contribution in [0.4, 0.5) is 5.82 Å². The quantitative estimate of drug-likeness (QED) is 0.524. The lowest BCUT2D eigenvalue weighted by atomic mass is 9.97. The van der Waals surface area contributed by atoms with Crippen molar-refractivity contribution in [1.82, 2.24) is 9.97 Å². The monoisotopic (exact) mass is 456 g/mol. The van der Waals surface area contributed by atoms with Crippen LogP contribution in [0.3, 0.4) is 0 Å². The number of carbonyl (C=O) groups is 1. The Morgan fingerprint density at radius 3 is 2.72 bits per heavy atom. The number of nitrogens with zero attached hydrogens (tertiary/aromatic N) is 2. The lowest BCUT2D eigenvalue weighted by Crippen LogP contribution is -2.28. The summed E-state index contributed by atoms with van der Waals surface area (Å²) in [6, 6.07) is 5.78. The predicted octanol–water partition coefficient (Wildman–Crippen LogP) is 3.03. The Balaban J connectivity index is 1.68. The molecule has 0 saturated heterocycles. The van der Waals surface area contributed by atoms with Crippen LogP contribution in [-0.4, -0.2) is 36.8 Å². The molecule has 2 aromatic heterocycles. The van der Waals surface area contributed by atoms with Crippen molar-refractivity contribution in [2.45, 2.75) is 45.3 Å². The van der Waals surface area contributed by atoms with Gasteiger partial charge in [-0.05, 0) is 55.9 Å². The third-order valence-corrected chi connectivity index (χ3v) is 6.74. The molecular weight excluding hydrogens is 430 g/mol. The van der Waals surface area contributed by atoms with Crippen molar-refractivity contribution in [3.05, 3.63) is 40.0 Å². The fourth-order valence-electron chi connectivity index (χ4n) is 3.93. The van der Waals surface area contributed by atoms with Crippen LogP contribution in [0.15, 0.2) is 18.2 Å². The Morgan fingerprint density at radius 2 is 1.97 bits per heavy atom. The van der Waals surface area contributed by atoms with Gasteiger partial charge in [-0.3, -0.25) is 0 Å².